The molecule has 4 rings (SSSR count). The highest BCUT2D eigenvalue weighted by molar-refractivity contribution is 7.10. The number of aryl methyl sites for hydroxylation is 1. The van der Waals surface area contributed by atoms with Crippen LogP contribution in [0.15, 0.2) is 47.4 Å². The third kappa shape index (κ3) is 5.31. The van der Waals surface area contributed by atoms with Crippen molar-refractivity contribution < 1.29 is 14.3 Å². The van der Waals surface area contributed by atoms with Gasteiger partial charge in [-0.15, -0.1) is 11.3 Å². The Morgan fingerprint density at radius 3 is 2.71 bits per heavy atom. The number of carbonyl (C=O) groups is 2. The first-order valence-corrected chi connectivity index (χ1v) is 12.4. The molecule has 35 heavy (non-hydrogen) atoms. The van der Waals surface area contributed by atoms with Crippen molar-refractivity contribution >= 4 is 29.2 Å². The Morgan fingerprint density at radius 2 is 2.00 bits per heavy atom. The number of ether oxygens (including phenoxy) is 1. The molecule has 0 spiro atoms. The van der Waals surface area contributed by atoms with Crippen LogP contribution in [0.2, 0.25) is 0 Å². The van der Waals surface area contributed by atoms with Gasteiger partial charge in [0.2, 0.25) is 5.91 Å². The van der Waals surface area contributed by atoms with E-state index in [1.54, 1.807) is 24.5 Å². The van der Waals surface area contributed by atoms with Gasteiger partial charge < -0.3 is 19.5 Å². The number of methoxy groups -OCH3 is 1. The van der Waals surface area contributed by atoms with Gasteiger partial charge in [0.15, 0.2) is 0 Å². The number of nitrogens with zero attached hydrogens (tertiary/aromatic N) is 3. The number of fused-ring (bicyclic) bond motifs is 1. The molecule has 8 heteroatoms. The average molecular weight is 489 g/mol. The van der Waals surface area contributed by atoms with Gasteiger partial charge in [-0.05, 0) is 79.2 Å². The van der Waals surface area contributed by atoms with Gasteiger partial charge in [-0.2, -0.15) is 5.26 Å². The van der Waals surface area contributed by atoms with Crippen molar-refractivity contribution in [2.75, 3.05) is 20.2 Å². The van der Waals surface area contributed by atoms with Crippen LogP contribution < -0.4 is 10.1 Å². The lowest BCUT2D eigenvalue weighted by molar-refractivity contribution is -0.132. The Morgan fingerprint density at radius 1 is 1.23 bits per heavy atom. The lowest BCUT2D eigenvalue weighted by Gasteiger charge is -2.27. The van der Waals surface area contributed by atoms with E-state index in [0.717, 1.165) is 34.8 Å². The number of hydrogen-bond acceptors (Lipinski definition) is 5. The van der Waals surface area contributed by atoms with Crippen LogP contribution in [0.3, 0.4) is 0 Å². The molecule has 3 aromatic rings. The lowest BCUT2D eigenvalue weighted by atomic mass is 10.1. The molecular weight excluding hydrogens is 460 g/mol. The fourth-order valence-electron chi connectivity index (χ4n) is 4.36. The van der Waals surface area contributed by atoms with Gasteiger partial charge in [0, 0.05) is 48.0 Å². The second kappa shape index (κ2) is 10.6. The minimum absolute atomic E-state index is 0.00711. The van der Waals surface area contributed by atoms with Gasteiger partial charge in [0.1, 0.15) is 17.4 Å². The summed E-state index contributed by atoms with van der Waals surface area (Å²) in [4.78, 5) is 28.4. The van der Waals surface area contributed by atoms with E-state index in [0.29, 0.717) is 13.1 Å². The largest absolute Gasteiger partial charge is 0.497 e. The van der Waals surface area contributed by atoms with E-state index in [2.05, 4.69) is 21.3 Å². The monoisotopic (exact) mass is 488 g/mol. The summed E-state index contributed by atoms with van der Waals surface area (Å²) in [6.45, 7) is 5.44. The molecule has 0 saturated heterocycles. The van der Waals surface area contributed by atoms with Crippen LogP contribution in [0, 0.1) is 25.2 Å². The number of thiophene rings is 1. The van der Waals surface area contributed by atoms with Crippen LogP contribution in [-0.2, 0) is 22.6 Å². The van der Waals surface area contributed by atoms with Crippen LogP contribution in [0.5, 0.6) is 5.75 Å². The van der Waals surface area contributed by atoms with Crippen molar-refractivity contribution in [3.63, 3.8) is 0 Å². The third-order valence-corrected chi connectivity index (χ3v) is 7.27. The topological polar surface area (TPSA) is 87.4 Å². The average Bonchev–Trinajstić information content (AvgIpc) is 3.45. The van der Waals surface area contributed by atoms with Crippen LogP contribution >= 0.6 is 11.3 Å². The number of aromatic nitrogens is 1. The molecular formula is C27H28N4O3S. The van der Waals surface area contributed by atoms with Crippen LogP contribution in [0.25, 0.3) is 11.8 Å². The van der Waals surface area contributed by atoms with Crippen molar-refractivity contribution in [2.24, 2.45) is 0 Å². The maximum Gasteiger partial charge on any atom is 0.261 e. The van der Waals surface area contributed by atoms with Crippen LogP contribution in [0.4, 0.5) is 0 Å². The van der Waals surface area contributed by atoms with Crippen molar-refractivity contribution in [1.29, 1.82) is 5.26 Å². The normalized spacial score (nSPS) is 13.2. The molecule has 1 aliphatic rings. The second-order valence-corrected chi connectivity index (χ2v) is 9.47. The van der Waals surface area contributed by atoms with Crippen LogP contribution in [-0.4, -0.2) is 41.5 Å². The SMILES string of the molecule is COc1ccc(-n2c(C)cc(/C=C(/C#N)C(=O)NCCC(=O)N3CCc4sccc4C3)c2C)cc1. The molecule has 3 heterocycles. The van der Waals surface area contributed by atoms with E-state index >= 15 is 0 Å². The summed E-state index contributed by atoms with van der Waals surface area (Å²) in [6.07, 6.45) is 2.68. The molecule has 7 nitrogen and oxygen atoms in total. The van der Waals surface area contributed by atoms with Gasteiger partial charge >= 0.3 is 0 Å². The zero-order valence-corrected chi connectivity index (χ0v) is 20.9. The molecule has 2 amide bonds. The van der Waals surface area contributed by atoms with Gasteiger partial charge in [-0.3, -0.25) is 9.59 Å². The minimum atomic E-state index is -0.478. The maximum atomic E-state index is 12.7. The molecule has 1 N–H and O–H groups in total. The molecule has 180 valence electrons. The predicted octanol–water partition coefficient (Wildman–Crippen LogP) is 4.16. The highest BCUT2D eigenvalue weighted by Gasteiger charge is 2.21. The molecule has 0 fully saturated rings. The summed E-state index contributed by atoms with van der Waals surface area (Å²) in [5.41, 5.74) is 4.88. The molecule has 1 aromatic carbocycles. The predicted molar refractivity (Wildman–Crippen MR) is 136 cm³/mol. The summed E-state index contributed by atoms with van der Waals surface area (Å²) in [7, 11) is 1.63. The summed E-state index contributed by atoms with van der Waals surface area (Å²) in [5.74, 6) is 0.302. The Kier molecular flexibility index (Phi) is 7.37. The zero-order chi connectivity index (χ0) is 24.9. The summed E-state index contributed by atoms with van der Waals surface area (Å²) >= 11 is 1.73. The first-order valence-electron chi connectivity index (χ1n) is 11.5. The molecule has 0 atom stereocenters. The van der Waals surface area contributed by atoms with Crippen molar-refractivity contribution in [3.05, 3.63) is 74.7 Å². The number of nitrogens with one attached hydrogen (secondary N) is 1. The number of benzene rings is 1. The first-order chi connectivity index (χ1) is 16.9. The summed E-state index contributed by atoms with van der Waals surface area (Å²) in [6, 6.07) is 13.7. The van der Waals surface area contributed by atoms with E-state index in [4.69, 9.17) is 4.74 Å². The van der Waals surface area contributed by atoms with E-state index in [1.165, 1.54) is 10.4 Å². The first kappa shape index (κ1) is 24.3. The molecule has 1 aliphatic heterocycles. The molecule has 0 bridgehead atoms. The molecule has 0 radical (unpaired) electrons. The Bertz CT molecular complexity index is 1310. The molecule has 0 saturated carbocycles. The second-order valence-electron chi connectivity index (χ2n) is 8.47. The molecule has 0 aliphatic carbocycles. The van der Waals surface area contributed by atoms with E-state index in [1.807, 2.05) is 55.1 Å². The number of hydrogen-bond donors (Lipinski definition) is 1. The number of carbonyl (C=O) groups excluding carboxylic acids is 2. The highest BCUT2D eigenvalue weighted by atomic mass is 32.1. The minimum Gasteiger partial charge on any atom is -0.497 e. The number of nitriles is 1. The summed E-state index contributed by atoms with van der Waals surface area (Å²) in [5, 5.41) is 14.4. The number of amides is 2. The van der Waals surface area contributed by atoms with Gasteiger partial charge in [0.25, 0.3) is 5.91 Å². The Balaban J connectivity index is 1.39. The van der Waals surface area contributed by atoms with Crippen LogP contribution in [0.1, 0.15) is 33.8 Å². The van der Waals surface area contributed by atoms with Crippen molar-refractivity contribution in [2.45, 2.75) is 33.2 Å². The standard InChI is InChI=1S/C27H28N4O3S/c1-18-14-21(19(2)31(18)23-4-6-24(34-3)7-5-23)15-22(16-28)27(33)29-11-8-26(32)30-12-9-25-20(17-30)10-13-35-25/h4-7,10,13-15H,8-9,11-12,17H2,1-3H3,(H,29,33)/b22-15-. The van der Waals surface area contributed by atoms with Gasteiger partial charge in [-0.25, -0.2) is 0 Å². The quantitative estimate of drug-likeness (QED) is 0.400. The van der Waals surface area contributed by atoms with Gasteiger partial charge in [0.05, 0.1) is 7.11 Å². The van der Waals surface area contributed by atoms with Gasteiger partial charge in [-0.1, -0.05) is 0 Å². The van der Waals surface area contributed by atoms with Crippen molar-refractivity contribution in [1.82, 2.24) is 14.8 Å². The molecule has 0 unspecified atom stereocenters. The fourth-order valence-corrected chi connectivity index (χ4v) is 5.25. The third-order valence-electron chi connectivity index (χ3n) is 6.25. The highest BCUT2D eigenvalue weighted by Crippen LogP contribution is 2.25. The maximum absolute atomic E-state index is 12.7. The number of rotatable bonds is 7. The van der Waals surface area contributed by atoms with E-state index in [-0.39, 0.29) is 24.4 Å². The fraction of sp³-hybridized carbons (Fsp3) is 0.296. The smallest absolute Gasteiger partial charge is 0.261 e. The zero-order valence-electron chi connectivity index (χ0n) is 20.1. The van der Waals surface area contributed by atoms with E-state index < -0.39 is 5.91 Å². The van der Waals surface area contributed by atoms with Crippen molar-refractivity contribution in [3.8, 4) is 17.5 Å². The molecule has 2 aromatic heterocycles. The Labute approximate surface area is 209 Å². The Hall–Kier alpha value is -3.83. The van der Waals surface area contributed by atoms with E-state index in [9.17, 15) is 14.9 Å². The lowest BCUT2D eigenvalue weighted by Crippen LogP contribution is -2.37. The summed E-state index contributed by atoms with van der Waals surface area (Å²) < 4.78 is 7.30.